The van der Waals surface area contributed by atoms with Gasteiger partial charge in [-0.1, -0.05) is 0 Å². The second-order valence-corrected chi connectivity index (χ2v) is 7.64. The number of rotatable bonds is 1. The fraction of sp³-hybridized carbons (Fsp3) is 0.400. The minimum Gasteiger partial charge on any atom is -0.320 e. The summed E-state index contributed by atoms with van der Waals surface area (Å²) < 4.78 is 17.6. The number of benzene rings is 1. The van der Waals surface area contributed by atoms with Gasteiger partial charge in [0.1, 0.15) is 17.3 Å². The Morgan fingerprint density at radius 3 is 2.86 bits per heavy atom. The molecule has 0 atom stereocenters. The van der Waals surface area contributed by atoms with E-state index in [1.165, 1.54) is 6.07 Å². The molecule has 0 radical (unpaired) electrons. The average Bonchev–Trinajstić information content (AvgIpc) is 3.18. The third-order valence-corrected chi connectivity index (χ3v) is 5.70. The number of aryl methyl sites for hydroxylation is 3. The monoisotopic (exact) mass is 395 g/mol. The summed E-state index contributed by atoms with van der Waals surface area (Å²) in [6, 6.07) is 4.38. The minimum atomic E-state index is -0.285. The normalized spacial score (nSPS) is 15.3. The first-order chi connectivity index (χ1) is 14.0. The van der Waals surface area contributed by atoms with Crippen LogP contribution in [0.1, 0.15) is 29.1 Å². The zero-order valence-corrected chi connectivity index (χ0v) is 16.4. The first-order valence-corrected chi connectivity index (χ1v) is 9.82. The molecule has 0 fully saturated rings. The zero-order chi connectivity index (χ0) is 20.1. The van der Waals surface area contributed by atoms with Crippen molar-refractivity contribution in [2.75, 3.05) is 11.9 Å². The highest BCUT2D eigenvalue weighted by atomic mass is 19.1. The zero-order valence-electron chi connectivity index (χ0n) is 16.4. The van der Waals surface area contributed by atoms with Gasteiger partial charge in [0.2, 0.25) is 0 Å². The Hall–Kier alpha value is -3.23. The van der Waals surface area contributed by atoms with Crippen LogP contribution in [0.15, 0.2) is 18.2 Å². The maximum Gasteiger partial charge on any atom is 0.322 e. The Balaban J connectivity index is 1.44. The molecule has 0 unspecified atom stereocenters. The summed E-state index contributed by atoms with van der Waals surface area (Å²) in [6.45, 7) is 6.37. The maximum atomic E-state index is 13.5. The van der Waals surface area contributed by atoms with Crippen LogP contribution >= 0.6 is 0 Å². The average molecular weight is 395 g/mol. The van der Waals surface area contributed by atoms with Crippen LogP contribution in [0.2, 0.25) is 0 Å². The number of hydrogen-bond donors (Lipinski definition) is 1. The number of carbonyl (C=O) groups is 1. The van der Waals surface area contributed by atoms with Crippen molar-refractivity contribution in [2.24, 2.45) is 0 Å². The number of hydrogen-bond acceptors (Lipinski definition) is 4. The number of nitrogens with one attached hydrogen (secondary N) is 1. The van der Waals surface area contributed by atoms with Crippen LogP contribution in [0.4, 0.5) is 14.9 Å². The van der Waals surface area contributed by atoms with E-state index in [0.717, 1.165) is 48.1 Å². The SMILES string of the molecule is Cc1cc(NC(=O)N2CCc3nn4c(c3C2)-c2nnc(C)n2CCC4)ccc1F. The van der Waals surface area contributed by atoms with Gasteiger partial charge in [0, 0.05) is 37.3 Å². The lowest BCUT2D eigenvalue weighted by molar-refractivity contribution is 0.206. The number of nitrogens with zero attached hydrogens (tertiary/aromatic N) is 6. The second kappa shape index (κ2) is 6.68. The first-order valence-electron chi connectivity index (χ1n) is 9.82. The van der Waals surface area contributed by atoms with E-state index in [-0.39, 0.29) is 11.8 Å². The predicted octanol–water partition coefficient (Wildman–Crippen LogP) is 2.89. The summed E-state index contributed by atoms with van der Waals surface area (Å²) in [5, 5.41) is 16.3. The quantitative estimate of drug-likeness (QED) is 0.687. The number of halogens is 1. The van der Waals surface area contributed by atoms with E-state index in [4.69, 9.17) is 5.10 Å². The van der Waals surface area contributed by atoms with Crippen molar-refractivity contribution in [2.45, 2.75) is 46.3 Å². The number of carbonyl (C=O) groups excluding carboxylic acids is 1. The lowest BCUT2D eigenvalue weighted by atomic mass is 10.1. The summed E-state index contributed by atoms with van der Waals surface area (Å²) in [5.41, 5.74) is 4.12. The van der Waals surface area contributed by atoms with Gasteiger partial charge in [-0.25, -0.2) is 9.18 Å². The summed E-state index contributed by atoms with van der Waals surface area (Å²) in [4.78, 5) is 14.6. The van der Waals surface area contributed by atoms with Crippen LogP contribution in [0.3, 0.4) is 0 Å². The number of fused-ring (bicyclic) bond motifs is 5. The highest BCUT2D eigenvalue weighted by Crippen LogP contribution is 2.32. The highest BCUT2D eigenvalue weighted by molar-refractivity contribution is 5.89. The number of urea groups is 1. The Morgan fingerprint density at radius 2 is 2.03 bits per heavy atom. The molecule has 4 heterocycles. The molecular formula is C20H22FN7O. The molecule has 5 rings (SSSR count). The van der Waals surface area contributed by atoms with Gasteiger partial charge in [-0.15, -0.1) is 10.2 Å². The summed E-state index contributed by atoms with van der Waals surface area (Å²) in [6.07, 6.45) is 1.66. The lowest BCUT2D eigenvalue weighted by Gasteiger charge is -2.27. The fourth-order valence-corrected chi connectivity index (χ4v) is 4.14. The van der Waals surface area contributed by atoms with Gasteiger partial charge >= 0.3 is 6.03 Å². The van der Waals surface area contributed by atoms with E-state index in [1.807, 2.05) is 11.6 Å². The Kier molecular flexibility index (Phi) is 4.11. The van der Waals surface area contributed by atoms with E-state index in [9.17, 15) is 9.18 Å². The first kappa shape index (κ1) is 17.8. The highest BCUT2D eigenvalue weighted by Gasteiger charge is 2.31. The number of amides is 2. The van der Waals surface area contributed by atoms with Gasteiger partial charge in [-0.2, -0.15) is 5.10 Å². The van der Waals surface area contributed by atoms with Crippen molar-refractivity contribution in [3.05, 3.63) is 46.7 Å². The topological polar surface area (TPSA) is 80.9 Å². The van der Waals surface area contributed by atoms with E-state index < -0.39 is 0 Å². The standard InChI is InChI=1S/C20H22FN7O/c1-12-10-14(4-5-16(12)21)22-20(29)26-9-6-17-15(11-26)18-19-24-23-13(2)27(19)7-3-8-28(18)25-17/h4-5,10H,3,6-9,11H2,1-2H3,(H,22,29). The van der Waals surface area contributed by atoms with Crippen LogP contribution in [0.25, 0.3) is 11.5 Å². The van der Waals surface area contributed by atoms with Crippen molar-refractivity contribution in [1.29, 1.82) is 0 Å². The summed E-state index contributed by atoms with van der Waals surface area (Å²) in [7, 11) is 0. The molecule has 8 nitrogen and oxygen atoms in total. The Labute approximate surface area is 167 Å². The molecule has 0 saturated carbocycles. The molecule has 3 aromatic rings. The molecule has 1 aromatic carbocycles. The maximum absolute atomic E-state index is 13.5. The van der Waals surface area contributed by atoms with Crippen LogP contribution in [-0.4, -0.2) is 42.0 Å². The molecule has 0 spiro atoms. The van der Waals surface area contributed by atoms with Crippen LogP contribution < -0.4 is 5.32 Å². The van der Waals surface area contributed by atoms with Gasteiger partial charge < -0.3 is 14.8 Å². The molecule has 9 heteroatoms. The van der Waals surface area contributed by atoms with Crippen LogP contribution in [0.5, 0.6) is 0 Å². The third kappa shape index (κ3) is 2.97. The molecule has 0 saturated heterocycles. The van der Waals surface area contributed by atoms with Gasteiger partial charge in [0.25, 0.3) is 0 Å². The molecule has 0 bridgehead atoms. The smallest absolute Gasteiger partial charge is 0.320 e. The molecule has 2 aliphatic heterocycles. The molecule has 2 aliphatic rings. The number of anilines is 1. The van der Waals surface area contributed by atoms with Gasteiger partial charge in [0.05, 0.1) is 12.2 Å². The molecule has 150 valence electrons. The lowest BCUT2D eigenvalue weighted by Crippen LogP contribution is -2.38. The molecule has 0 aliphatic carbocycles. The van der Waals surface area contributed by atoms with Crippen molar-refractivity contribution < 1.29 is 9.18 Å². The van der Waals surface area contributed by atoms with Gasteiger partial charge in [0.15, 0.2) is 5.82 Å². The summed E-state index contributed by atoms with van der Waals surface area (Å²) in [5.74, 6) is 1.43. The van der Waals surface area contributed by atoms with Crippen molar-refractivity contribution in [3.63, 3.8) is 0 Å². The summed E-state index contributed by atoms with van der Waals surface area (Å²) >= 11 is 0. The largest absolute Gasteiger partial charge is 0.322 e. The minimum absolute atomic E-state index is 0.201. The molecule has 29 heavy (non-hydrogen) atoms. The van der Waals surface area contributed by atoms with Crippen molar-refractivity contribution >= 4 is 11.7 Å². The Bertz CT molecular complexity index is 1120. The van der Waals surface area contributed by atoms with Crippen molar-refractivity contribution in [3.8, 4) is 11.5 Å². The molecule has 2 amide bonds. The van der Waals surface area contributed by atoms with Crippen LogP contribution in [0, 0.1) is 19.7 Å². The van der Waals surface area contributed by atoms with E-state index in [1.54, 1.807) is 24.0 Å². The van der Waals surface area contributed by atoms with E-state index >= 15 is 0 Å². The van der Waals surface area contributed by atoms with E-state index in [2.05, 4.69) is 20.1 Å². The molecular weight excluding hydrogens is 373 g/mol. The van der Waals surface area contributed by atoms with Gasteiger partial charge in [-0.3, -0.25) is 4.68 Å². The fourth-order valence-electron chi connectivity index (χ4n) is 4.14. The van der Waals surface area contributed by atoms with E-state index in [0.29, 0.717) is 30.8 Å². The number of aromatic nitrogens is 5. The van der Waals surface area contributed by atoms with Crippen LogP contribution in [-0.2, 0) is 26.1 Å². The second-order valence-electron chi connectivity index (χ2n) is 7.64. The predicted molar refractivity (Wildman–Crippen MR) is 105 cm³/mol. The molecule has 1 N–H and O–H groups in total. The van der Waals surface area contributed by atoms with Gasteiger partial charge in [-0.05, 0) is 44.0 Å². The third-order valence-electron chi connectivity index (χ3n) is 5.70. The Morgan fingerprint density at radius 1 is 1.17 bits per heavy atom. The van der Waals surface area contributed by atoms with Crippen molar-refractivity contribution in [1.82, 2.24) is 29.4 Å². The molecule has 2 aromatic heterocycles.